The summed E-state index contributed by atoms with van der Waals surface area (Å²) in [4.78, 5) is 11.7. The molecule has 1 aromatic rings. The number of hydrogen-bond donors (Lipinski definition) is 2. The summed E-state index contributed by atoms with van der Waals surface area (Å²) in [6, 6.07) is -0.144. The topological polar surface area (TPSA) is 94.3 Å². The van der Waals surface area contributed by atoms with E-state index >= 15 is 0 Å². The van der Waals surface area contributed by atoms with E-state index in [1.807, 2.05) is 6.08 Å². The summed E-state index contributed by atoms with van der Waals surface area (Å²) in [5.74, 6) is 0.418. The maximum Gasteiger partial charge on any atom is 0.441 e. The van der Waals surface area contributed by atoms with Crippen LogP contribution in [0.3, 0.4) is 0 Å². The van der Waals surface area contributed by atoms with E-state index in [2.05, 4.69) is 5.16 Å². The van der Waals surface area contributed by atoms with Gasteiger partial charge in [-0.15, -0.1) is 0 Å². The molecule has 0 bridgehead atoms. The van der Waals surface area contributed by atoms with Crippen molar-refractivity contribution < 1.29 is 9.63 Å². The predicted octanol–water partition coefficient (Wildman–Crippen LogP) is 0.760. The molecule has 0 aliphatic carbocycles. The smallest absolute Gasteiger partial charge is 0.394 e. The second kappa shape index (κ2) is 6.68. The number of nitrogens with zero attached hydrogens (tertiary/aromatic N) is 2. The third-order valence-electron chi connectivity index (χ3n) is 3.52. The maximum absolute atomic E-state index is 11.7. The van der Waals surface area contributed by atoms with Crippen molar-refractivity contribution in [2.24, 2.45) is 5.73 Å². The van der Waals surface area contributed by atoms with Gasteiger partial charge in [0.2, 0.25) is 0 Å². The van der Waals surface area contributed by atoms with Crippen LogP contribution in [-0.4, -0.2) is 27.5 Å². The highest BCUT2D eigenvalue weighted by Crippen LogP contribution is 2.25. The van der Waals surface area contributed by atoms with Crippen molar-refractivity contribution in [3.05, 3.63) is 28.5 Å². The van der Waals surface area contributed by atoms with Crippen molar-refractivity contribution in [2.75, 3.05) is 6.61 Å². The third-order valence-corrected chi connectivity index (χ3v) is 3.52. The van der Waals surface area contributed by atoms with Crippen LogP contribution in [0, 0.1) is 0 Å². The van der Waals surface area contributed by atoms with Gasteiger partial charge in [0.15, 0.2) is 5.82 Å². The standard InChI is InChI=1S/C13H21N3O3/c14-10(9-17)5-1-2-6-11-7-3-4-8-12-15-19-13(18)16(11)12/h1,5,10-11,17H,2-4,6-9,14H2/b5-1-/t10-,11?/m1/s1. The molecule has 2 heterocycles. The lowest BCUT2D eigenvalue weighted by Crippen LogP contribution is -2.22. The van der Waals surface area contributed by atoms with Crippen LogP contribution in [0.1, 0.15) is 44.0 Å². The number of nitrogens with two attached hydrogens (primary N) is 1. The molecule has 0 amide bonds. The Hall–Kier alpha value is -1.40. The summed E-state index contributed by atoms with van der Waals surface area (Å²) >= 11 is 0. The molecule has 0 saturated carbocycles. The number of allylic oxidation sites excluding steroid dienone is 1. The summed E-state index contributed by atoms with van der Waals surface area (Å²) in [7, 11) is 0. The molecule has 1 aliphatic heterocycles. The molecule has 2 atom stereocenters. The molecule has 1 aliphatic rings. The van der Waals surface area contributed by atoms with E-state index < -0.39 is 0 Å². The van der Waals surface area contributed by atoms with E-state index in [4.69, 9.17) is 15.4 Å². The van der Waals surface area contributed by atoms with E-state index in [-0.39, 0.29) is 24.4 Å². The first-order valence-corrected chi connectivity index (χ1v) is 6.82. The molecule has 0 saturated heterocycles. The van der Waals surface area contributed by atoms with Gasteiger partial charge in [-0.3, -0.25) is 9.09 Å². The monoisotopic (exact) mass is 267 g/mol. The van der Waals surface area contributed by atoms with Crippen molar-refractivity contribution in [3.63, 3.8) is 0 Å². The van der Waals surface area contributed by atoms with E-state index in [0.29, 0.717) is 0 Å². The van der Waals surface area contributed by atoms with Gasteiger partial charge >= 0.3 is 5.76 Å². The maximum atomic E-state index is 11.7. The molecule has 2 rings (SSSR count). The summed E-state index contributed by atoms with van der Waals surface area (Å²) in [6.45, 7) is -0.0464. The zero-order valence-corrected chi connectivity index (χ0v) is 11.0. The zero-order valence-electron chi connectivity index (χ0n) is 11.0. The number of aliphatic hydroxyl groups excluding tert-OH is 1. The Balaban J connectivity index is 1.98. The molecular formula is C13H21N3O3. The van der Waals surface area contributed by atoms with E-state index in [1.165, 1.54) is 0 Å². The first kappa shape index (κ1) is 14.0. The lowest BCUT2D eigenvalue weighted by molar-refractivity contribution is 0.283. The summed E-state index contributed by atoms with van der Waals surface area (Å²) in [6.07, 6.45) is 9.40. The molecule has 1 aromatic heterocycles. The molecule has 0 aromatic carbocycles. The van der Waals surface area contributed by atoms with Crippen molar-refractivity contribution in [1.29, 1.82) is 0 Å². The summed E-state index contributed by atoms with van der Waals surface area (Å²) < 4.78 is 6.45. The Morgan fingerprint density at radius 2 is 2.42 bits per heavy atom. The number of aromatic nitrogens is 2. The number of aryl methyl sites for hydroxylation is 1. The number of hydrogen-bond acceptors (Lipinski definition) is 5. The fraction of sp³-hybridized carbons (Fsp3) is 0.692. The quantitative estimate of drug-likeness (QED) is 0.768. The highest BCUT2D eigenvalue weighted by Gasteiger charge is 2.22. The van der Waals surface area contributed by atoms with Gasteiger partial charge in [0.1, 0.15) is 0 Å². The van der Waals surface area contributed by atoms with Gasteiger partial charge in [0, 0.05) is 18.5 Å². The van der Waals surface area contributed by atoms with Gasteiger partial charge in [0.05, 0.1) is 6.61 Å². The Morgan fingerprint density at radius 3 is 3.21 bits per heavy atom. The minimum Gasteiger partial charge on any atom is -0.394 e. The molecule has 0 spiro atoms. The third kappa shape index (κ3) is 3.54. The van der Waals surface area contributed by atoms with Crippen LogP contribution in [0.4, 0.5) is 0 Å². The molecule has 106 valence electrons. The zero-order chi connectivity index (χ0) is 13.7. The van der Waals surface area contributed by atoms with Crippen LogP contribution in [0.2, 0.25) is 0 Å². The SMILES string of the molecule is N[C@H](/C=C\CCC1CCCCc2noc(=O)n21)CO. The van der Waals surface area contributed by atoms with Crippen molar-refractivity contribution >= 4 is 0 Å². The van der Waals surface area contributed by atoms with Crippen molar-refractivity contribution in [1.82, 2.24) is 9.72 Å². The van der Waals surface area contributed by atoms with Crippen LogP contribution in [0.5, 0.6) is 0 Å². The van der Waals surface area contributed by atoms with E-state index in [0.717, 1.165) is 44.3 Å². The van der Waals surface area contributed by atoms with E-state index in [9.17, 15) is 4.79 Å². The van der Waals surface area contributed by atoms with Crippen molar-refractivity contribution in [3.8, 4) is 0 Å². The lowest BCUT2D eigenvalue weighted by atomic mass is 10.0. The molecule has 6 heteroatoms. The van der Waals surface area contributed by atoms with Gasteiger partial charge < -0.3 is 10.8 Å². The average molecular weight is 267 g/mol. The van der Waals surface area contributed by atoms with Crippen LogP contribution < -0.4 is 11.5 Å². The largest absolute Gasteiger partial charge is 0.441 e. The number of fused-ring (bicyclic) bond motifs is 1. The van der Waals surface area contributed by atoms with Gasteiger partial charge in [-0.25, -0.2) is 4.79 Å². The van der Waals surface area contributed by atoms with Crippen molar-refractivity contribution in [2.45, 2.75) is 50.6 Å². The highest BCUT2D eigenvalue weighted by molar-refractivity contribution is 4.94. The van der Waals surface area contributed by atoms with Crippen LogP contribution in [0.25, 0.3) is 0 Å². The predicted molar refractivity (Wildman–Crippen MR) is 70.8 cm³/mol. The molecular weight excluding hydrogens is 246 g/mol. The van der Waals surface area contributed by atoms with Crippen LogP contribution in [0.15, 0.2) is 21.5 Å². The second-order valence-corrected chi connectivity index (χ2v) is 4.99. The van der Waals surface area contributed by atoms with Gasteiger partial charge in [-0.1, -0.05) is 23.7 Å². The summed E-state index contributed by atoms with van der Waals surface area (Å²) in [5, 5.41) is 12.7. The first-order chi connectivity index (χ1) is 9.22. The van der Waals surface area contributed by atoms with Gasteiger partial charge in [-0.2, -0.15) is 0 Å². The Labute approximate surface area is 111 Å². The Morgan fingerprint density at radius 1 is 1.58 bits per heavy atom. The lowest BCUT2D eigenvalue weighted by Gasteiger charge is -2.14. The first-order valence-electron chi connectivity index (χ1n) is 6.82. The average Bonchev–Trinajstić information content (AvgIpc) is 2.66. The van der Waals surface area contributed by atoms with Crippen LogP contribution in [-0.2, 0) is 6.42 Å². The van der Waals surface area contributed by atoms with Crippen LogP contribution >= 0.6 is 0 Å². The minimum atomic E-state index is -0.349. The molecule has 0 fully saturated rings. The fourth-order valence-corrected chi connectivity index (χ4v) is 2.50. The van der Waals surface area contributed by atoms with Gasteiger partial charge in [-0.05, 0) is 25.7 Å². The minimum absolute atomic E-state index is 0.0464. The molecule has 6 nitrogen and oxygen atoms in total. The molecule has 0 radical (unpaired) electrons. The molecule has 19 heavy (non-hydrogen) atoms. The fourth-order valence-electron chi connectivity index (χ4n) is 2.50. The second-order valence-electron chi connectivity index (χ2n) is 4.99. The number of rotatable bonds is 5. The molecule has 3 N–H and O–H groups in total. The Kier molecular flexibility index (Phi) is 4.93. The number of aliphatic hydroxyl groups is 1. The Bertz CT molecular complexity index is 478. The summed E-state index contributed by atoms with van der Waals surface area (Å²) in [5.41, 5.74) is 5.58. The van der Waals surface area contributed by atoms with E-state index in [1.54, 1.807) is 10.6 Å². The normalized spacial score (nSPS) is 21.3. The molecule has 1 unspecified atom stereocenters. The van der Waals surface area contributed by atoms with Gasteiger partial charge in [0.25, 0.3) is 0 Å². The highest BCUT2D eigenvalue weighted by atomic mass is 16.5.